The average Bonchev–Trinajstić information content (AvgIpc) is 2.87. The van der Waals surface area contributed by atoms with Gasteiger partial charge in [-0.15, -0.1) is 0 Å². The zero-order valence-corrected chi connectivity index (χ0v) is 9.62. The first kappa shape index (κ1) is 12.4. The first-order valence-corrected chi connectivity index (χ1v) is 6.30. The molecule has 0 bridgehead atoms. The highest BCUT2D eigenvalue weighted by Gasteiger charge is 2.34. The second-order valence-electron chi connectivity index (χ2n) is 3.68. The van der Waals surface area contributed by atoms with Crippen molar-refractivity contribution in [3.63, 3.8) is 0 Å². The van der Waals surface area contributed by atoms with Crippen LogP contribution >= 0.6 is 0 Å². The molecule has 15 heavy (non-hydrogen) atoms. The van der Waals surface area contributed by atoms with Gasteiger partial charge in [-0.1, -0.05) is 6.92 Å². The van der Waals surface area contributed by atoms with Gasteiger partial charge in [0, 0.05) is 13.1 Å². The monoisotopic (exact) mass is 236 g/mol. The van der Waals surface area contributed by atoms with Crippen LogP contribution in [-0.2, 0) is 15.0 Å². The number of carboxylic acids is 1. The zero-order valence-electron chi connectivity index (χ0n) is 8.80. The smallest absolute Gasteiger partial charge is 0.322 e. The third kappa shape index (κ3) is 3.15. The molecule has 1 atom stereocenters. The molecule has 0 aromatic rings. The number of nitrogens with one attached hydrogen (secondary N) is 1. The van der Waals surface area contributed by atoms with E-state index >= 15 is 0 Å². The van der Waals surface area contributed by atoms with Crippen LogP contribution in [0.4, 0.5) is 0 Å². The predicted molar refractivity (Wildman–Crippen MR) is 54.6 cm³/mol. The van der Waals surface area contributed by atoms with E-state index in [0.29, 0.717) is 0 Å². The Morgan fingerprint density at radius 1 is 1.60 bits per heavy atom. The normalized spacial score (nSPS) is 19.1. The van der Waals surface area contributed by atoms with E-state index in [1.54, 1.807) is 6.92 Å². The maximum atomic E-state index is 11.6. The van der Waals surface area contributed by atoms with Gasteiger partial charge in [-0.2, -0.15) is 17.4 Å². The summed E-state index contributed by atoms with van der Waals surface area (Å²) in [5.41, 5.74) is 0. The maximum absolute atomic E-state index is 11.6. The van der Waals surface area contributed by atoms with Crippen LogP contribution in [0.15, 0.2) is 0 Å². The van der Waals surface area contributed by atoms with Crippen LogP contribution in [0.3, 0.4) is 0 Å². The van der Waals surface area contributed by atoms with Crippen molar-refractivity contribution < 1.29 is 18.3 Å². The third-order valence-electron chi connectivity index (χ3n) is 2.38. The molecular formula is C8H16N2O4S. The fraction of sp³-hybridized carbons (Fsp3) is 0.875. The molecule has 1 aliphatic rings. The molecule has 0 amide bonds. The Balaban J connectivity index is 2.71. The first-order chi connectivity index (χ1) is 6.88. The van der Waals surface area contributed by atoms with Crippen LogP contribution in [0.5, 0.6) is 0 Å². The summed E-state index contributed by atoms with van der Waals surface area (Å²) in [6.07, 6.45) is 1.91. The van der Waals surface area contributed by atoms with Gasteiger partial charge in [0.25, 0.3) is 10.2 Å². The highest BCUT2D eigenvalue weighted by atomic mass is 32.2. The number of rotatable bonds is 6. The first-order valence-electron chi connectivity index (χ1n) is 4.86. The summed E-state index contributed by atoms with van der Waals surface area (Å²) in [4.78, 5) is 10.8. The van der Waals surface area contributed by atoms with E-state index < -0.39 is 22.2 Å². The van der Waals surface area contributed by atoms with Crippen LogP contribution in [-0.4, -0.2) is 42.9 Å². The minimum absolute atomic E-state index is 0.0104. The molecule has 0 radical (unpaired) electrons. The lowest BCUT2D eigenvalue weighted by Crippen LogP contribution is -2.47. The molecule has 0 aromatic carbocycles. The van der Waals surface area contributed by atoms with Crippen LogP contribution < -0.4 is 4.72 Å². The molecule has 0 saturated heterocycles. The summed E-state index contributed by atoms with van der Waals surface area (Å²) < 4.78 is 26.6. The molecule has 88 valence electrons. The lowest BCUT2D eigenvalue weighted by Gasteiger charge is -2.23. The number of hydrogen-bond donors (Lipinski definition) is 2. The van der Waals surface area contributed by atoms with E-state index in [9.17, 15) is 13.2 Å². The van der Waals surface area contributed by atoms with Gasteiger partial charge in [0.1, 0.15) is 6.04 Å². The van der Waals surface area contributed by atoms with Gasteiger partial charge < -0.3 is 5.11 Å². The van der Waals surface area contributed by atoms with Crippen molar-refractivity contribution in [3.05, 3.63) is 0 Å². The topological polar surface area (TPSA) is 86.7 Å². The van der Waals surface area contributed by atoms with Gasteiger partial charge >= 0.3 is 5.97 Å². The van der Waals surface area contributed by atoms with Crippen LogP contribution in [0, 0.1) is 0 Å². The molecule has 7 heteroatoms. The van der Waals surface area contributed by atoms with E-state index in [-0.39, 0.29) is 12.5 Å². The minimum Gasteiger partial charge on any atom is -0.480 e. The summed E-state index contributed by atoms with van der Waals surface area (Å²) >= 11 is 0. The second kappa shape index (κ2) is 4.46. The number of carboxylic acid groups (broad SMARTS) is 1. The highest BCUT2D eigenvalue weighted by molar-refractivity contribution is 7.87. The van der Waals surface area contributed by atoms with Gasteiger partial charge in [0.15, 0.2) is 0 Å². The van der Waals surface area contributed by atoms with Crippen molar-refractivity contribution in [2.75, 3.05) is 7.05 Å². The molecule has 1 fully saturated rings. The van der Waals surface area contributed by atoms with Gasteiger partial charge in [-0.25, -0.2) is 0 Å². The van der Waals surface area contributed by atoms with Crippen molar-refractivity contribution in [1.82, 2.24) is 9.03 Å². The molecule has 0 heterocycles. The van der Waals surface area contributed by atoms with Crippen molar-refractivity contribution in [1.29, 1.82) is 0 Å². The number of likely N-dealkylation sites (N-methyl/N-ethyl adjacent to an activating group) is 1. The second-order valence-corrected chi connectivity index (χ2v) is 5.44. The number of aliphatic carboxylic acids is 1. The lowest BCUT2D eigenvalue weighted by molar-refractivity contribution is -0.141. The summed E-state index contributed by atoms with van der Waals surface area (Å²) in [6, 6.07) is -1.01. The molecule has 6 nitrogen and oxygen atoms in total. The Kier molecular flexibility index (Phi) is 3.69. The molecule has 1 saturated carbocycles. The summed E-state index contributed by atoms with van der Waals surface area (Å²) in [5, 5.41) is 8.82. The Morgan fingerprint density at radius 2 is 2.13 bits per heavy atom. The van der Waals surface area contributed by atoms with Crippen molar-refractivity contribution in [3.8, 4) is 0 Å². The van der Waals surface area contributed by atoms with Crippen LogP contribution in [0.1, 0.15) is 26.2 Å². The lowest BCUT2D eigenvalue weighted by atomic mass is 10.2. The summed E-state index contributed by atoms with van der Waals surface area (Å²) in [6.45, 7) is 1.64. The number of hydrogen-bond acceptors (Lipinski definition) is 3. The predicted octanol–water partition coefficient (Wildman–Crippen LogP) is -0.222. The SMILES string of the molecule is CCC(C(=O)O)N(C)S(=O)(=O)NC1CC1. The quantitative estimate of drug-likeness (QED) is 0.667. The summed E-state index contributed by atoms with van der Waals surface area (Å²) in [7, 11) is -2.37. The Hall–Kier alpha value is -0.660. The molecule has 1 unspecified atom stereocenters. The molecule has 1 aliphatic carbocycles. The molecule has 2 N–H and O–H groups in total. The summed E-state index contributed by atoms with van der Waals surface area (Å²) in [5.74, 6) is -1.12. The van der Waals surface area contributed by atoms with Crippen LogP contribution in [0.2, 0.25) is 0 Å². The Labute approximate surface area is 89.4 Å². The average molecular weight is 236 g/mol. The fourth-order valence-corrected chi connectivity index (χ4v) is 2.65. The Morgan fingerprint density at radius 3 is 2.47 bits per heavy atom. The fourth-order valence-electron chi connectivity index (χ4n) is 1.25. The molecular weight excluding hydrogens is 220 g/mol. The van der Waals surface area contributed by atoms with Gasteiger partial charge in [-0.3, -0.25) is 4.79 Å². The van der Waals surface area contributed by atoms with E-state index in [1.165, 1.54) is 7.05 Å². The molecule has 0 spiro atoms. The van der Waals surface area contributed by atoms with Gasteiger partial charge in [-0.05, 0) is 19.3 Å². The van der Waals surface area contributed by atoms with E-state index in [2.05, 4.69) is 4.72 Å². The van der Waals surface area contributed by atoms with E-state index in [4.69, 9.17) is 5.11 Å². The third-order valence-corrected chi connectivity index (χ3v) is 4.03. The standard InChI is InChI=1S/C8H16N2O4S/c1-3-7(8(11)12)10(2)15(13,14)9-6-4-5-6/h6-7,9H,3-5H2,1-2H3,(H,11,12). The number of carbonyl (C=O) groups is 1. The van der Waals surface area contributed by atoms with Crippen molar-refractivity contribution >= 4 is 16.2 Å². The Bertz CT molecular complexity index is 337. The van der Waals surface area contributed by atoms with E-state index in [1.807, 2.05) is 0 Å². The minimum atomic E-state index is -3.65. The van der Waals surface area contributed by atoms with E-state index in [0.717, 1.165) is 17.1 Å². The maximum Gasteiger partial charge on any atom is 0.322 e. The molecule has 0 aromatic heterocycles. The largest absolute Gasteiger partial charge is 0.480 e. The number of nitrogens with zero attached hydrogens (tertiary/aromatic N) is 1. The van der Waals surface area contributed by atoms with Gasteiger partial charge in [0.2, 0.25) is 0 Å². The molecule has 0 aliphatic heterocycles. The zero-order chi connectivity index (χ0) is 11.6. The van der Waals surface area contributed by atoms with Gasteiger partial charge in [0.05, 0.1) is 0 Å². The van der Waals surface area contributed by atoms with Crippen LogP contribution in [0.25, 0.3) is 0 Å². The molecule has 1 rings (SSSR count). The van der Waals surface area contributed by atoms with Crippen molar-refractivity contribution in [2.24, 2.45) is 0 Å². The highest BCUT2D eigenvalue weighted by Crippen LogP contribution is 2.21. The van der Waals surface area contributed by atoms with Crippen molar-refractivity contribution in [2.45, 2.75) is 38.3 Å².